The zero-order valence-electron chi connectivity index (χ0n) is 34.3. The average molecular weight is 732 g/mol. The molecule has 2 atom stereocenters. The van der Waals surface area contributed by atoms with Gasteiger partial charge in [-0.15, -0.1) is 0 Å². The maximum atomic E-state index is 12.3. The van der Waals surface area contributed by atoms with Gasteiger partial charge in [0.2, 0.25) is 5.91 Å². The van der Waals surface area contributed by atoms with Gasteiger partial charge in [0.05, 0.1) is 25.4 Å². The third-order valence-corrected chi connectivity index (χ3v) is 9.91. The zero-order chi connectivity index (χ0) is 38.0. The molecular weight excluding hydrogens is 647 g/mol. The van der Waals surface area contributed by atoms with E-state index in [9.17, 15) is 19.8 Å². The second-order valence-electron chi connectivity index (χ2n) is 15.0. The first-order valence-electron chi connectivity index (χ1n) is 22.2. The highest BCUT2D eigenvalue weighted by atomic mass is 16.5. The highest BCUT2D eigenvalue weighted by Crippen LogP contribution is 2.14. The minimum atomic E-state index is -0.678. The van der Waals surface area contributed by atoms with Crippen LogP contribution in [0.15, 0.2) is 36.5 Å². The molecule has 0 aliphatic rings. The van der Waals surface area contributed by atoms with Gasteiger partial charge in [0.15, 0.2) is 0 Å². The highest BCUT2D eigenvalue weighted by molar-refractivity contribution is 5.76. The second kappa shape index (κ2) is 41.8. The number of carbonyl (C=O) groups is 2. The van der Waals surface area contributed by atoms with Crippen LogP contribution in [-0.2, 0) is 14.3 Å². The SMILES string of the molecule is CCCC/C=C\C/C=C\CCCCCCCC(=O)OCCCCC/C=C\CCCCCCCC(=O)NC(CO)C(O)CCCCCCCCCCC. The molecule has 2 unspecified atom stereocenters. The summed E-state index contributed by atoms with van der Waals surface area (Å²) in [6, 6.07) is -0.559. The van der Waals surface area contributed by atoms with Crippen molar-refractivity contribution in [2.45, 2.75) is 231 Å². The molecule has 0 fully saturated rings. The number of nitrogens with one attached hydrogen (secondary N) is 1. The third kappa shape index (κ3) is 37.8. The van der Waals surface area contributed by atoms with Gasteiger partial charge in [-0.2, -0.15) is 0 Å². The predicted molar refractivity (Wildman–Crippen MR) is 222 cm³/mol. The number of ether oxygens (including phenoxy) is 1. The molecule has 6 nitrogen and oxygen atoms in total. The van der Waals surface area contributed by atoms with Crippen LogP contribution in [0.5, 0.6) is 0 Å². The number of esters is 1. The summed E-state index contributed by atoms with van der Waals surface area (Å²) in [7, 11) is 0. The van der Waals surface area contributed by atoms with Crippen molar-refractivity contribution < 1.29 is 24.5 Å². The molecule has 0 heterocycles. The van der Waals surface area contributed by atoms with E-state index < -0.39 is 12.1 Å². The van der Waals surface area contributed by atoms with Gasteiger partial charge in [0.25, 0.3) is 0 Å². The minimum absolute atomic E-state index is 0.0388. The van der Waals surface area contributed by atoms with Crippen molar-refractivity contribution in [3.05, 3.63) is 36.5 Å². The third-order valence-electron chi connectivity index (χ3n) is 9.91. The van der Waals surface area contributed by atoms with Crippen molar-refractivity contribution in [3.8, 4) is 0 Å². The van der Waals surface area contributed by atoms with Crippen LogP contribution in [0.2, 0.25) is 0 Å². The number of unbranched alkanes of at least 4 members (excludes halogenated alkanes) is 23. The van der Waals surface area contributed by atoms with Crippen molar-refractivity contribution in [2.24, 2.45) is 0 Å². The fourth-order valence-corrected chi connectivity index (χ4v) is 6.41. The van der Waals surface area contributed by atoms with Gasteiger partial charge in [-0.3, -0.25) is 9.59 Å². The fraction of sp³-hybridized carbons (Fsp3) is 0.826. The normalized spacial score (nSPS) is 13.1. The molecule has 52 heavy (non-hydrogen) atoms. The van der Waals surface area contributed by atoms with E-state index in [2.05, 4.69) is 55.6 Å². The van der Waals surface area contributed by atoms with Crippen LogP contribution >= 0.6 is 0 Å². The van der Waals surface area contributed by atoms with Crippen molar-refractivity contribution in [1.29, 1.82) is 0 Å². The van der Waals surface area contributed by atoms with Crippen LogP contribution < -0.4 is 5.32 Å². The van der Waals surface area contributed by atoms with Gasteiger partial charge in [0.1, 0.15) is 0 Å². The van der Waals surface area contributed by atoms with Crippen LogP contribution in [0.25, 0.3) is 0 Å². The standard InChI is InChI=1S/C46H85NO5/c1-3-5-7-9-11-13-14-15-16-20-24-28-32-36-40-46(51)52-41-37-33-29-25-21-18-17-19-23-27-31-35-39-45(50)47-43(42-48)44(49)38-34-30-26-22-12-10-8-6-4-2/h9,11,14-15,18,21,43-44,48-49H,3-8,10,12-13,16-17,19-20,22-42H2,1-2H3,(H,47,50)/b11-9-,15-14-,21-18-. The molecule has 0 rings (SSSR count). The zero-order valence-corrected chi connectivity index (χ0v) is 34.3. The summed E-state index contributed by atoms with van der Waals surface area (Å²) in [6.45, 7) is 4.80. The molecule has 0 aliphatic carbocycles. The van der Waals surface area contributed by atoms with Gasteiger partial charge >= 0.3 is 5.97 Å². The molecular formula is C46H85NO5. The summed E-state index contributed by atoms with van der Waals surface area (Å²) in [6.07, 6.45) is 48.1. The molecule has 0 saturated carbocycles. The molecule has 0 radical (unpaired) electrons. The highest BCUT2D eigenvalue weighted by Gasteiger charge is 2.20. The van der Waals surface area contributed by atoms with E-state index in [0.29, 0.717) is 25.9 Å². The summed E-state index contributed by atoms with van der Waals surface area (Å²) in [4.78, 5) is 24.3. The summed E-state index contributed by atoms with van der Waals surface area (Å²) in [5.74, 6) is -0.105. The molecule has 0 spiro atoms. The molecule has 0 bridgehead atoms. The van der Waals surface area contributed by atoms with Crippen LogP contribution in [-0.4, -0.2) is 47.4 Å². The summed E-state index contributed by atoms with van der Waals surface area (Å²) < 4.78 is 5.42. The fourth-order valence-electron chi connectivity index (χ4n) is 6.41. The molecule has 0 aromatic heterocycles. The van der Waals surface area contributed by atoms with Crippen molar-refractivity contribution >= 4 is 11.9 Å². The monoisotopic (exact) mass is 732 g/mol. The Bertz CT molecular complexity index is 854. The van der Waals surface area contributed by atoms with Gasteiger partial charge in [-0.25, -0.2) is 0 Å². The van der Waals surface area contributed by atoms with E-state index in [4.69, 9.17) is 4.74 Å². The topological polar surface area (TPSA) is 95.9 Å². The Kier molecular flexibility index (Phi) is 40.3. The molecule has 0 saturated heterocycles. The minimum Gasteiger partial charge on any atom is -0.466 e. The lowest BCUT2D eigenvalue weighted by atomic mass is 10.0. The van der Waals surface area contributed by atoms with E-state index in [0.717, 1.165) is 89.9 Å². The predicted octanol–water partition coefficient (Wildman–Crippen LogP) is 12.6. The van der Waals surface area contributed by atoms with Crippen LogP contribution in [0.3, 0.4) is 0 Å². The number of aliphatic hydroxyl groups excluding tert-OH is 2. The Morgan fingerprint density at radius 1 is 0.538 bits per heavy atom. The van der Waals surface area contributed by atoms with Gasteiger partial charge in [-0.05, 0) is 83.5 Å². The number of hydrogen-bond donors (Lipinski definition) is 3. The van der Waals surface area contributed by atoms with Crippen molar-refractivity contribution in [3.63, 3.8) is 0 Å². The molecule has 1 amide bonds. The molecule has 0 aromatic carbocycles. The maximum absolute atomic E-state index is 12.3. The van der Waals surface area contributed by atoms with Crippen LogP contribution in [0.1, 0.15) is 219 Å². The van der Waals surface area contributed by atoms with Gasteiger partial charge in [0, 0.05) is 12.8 Å². The lowest BCUT2D eigenvalue weighted by Crippen LogP contribution is -2.45. The number of aliphatic hydroxyl groups is 2. The number of carbonyl (C=O) groups excluding carboxylic acids is 2. The Morgan fingerprint density at radius 3 is 1.54 bits per heavy atom. The van der Waals surface area contributed by atoms with Crippen molar-refractivity contribution in [2.75, 3.05) is 13.2 Å². The lowest BCUT2D eigenvalue weighted by molar-refractivity contribution is -0.143. The number of hydrogen-bond acceptors (Lipinski definition) is 5. The second-order valence-corrected chi connectivity index (χ2v) is 15.0. The Labute approximate surface area is 322 Å². The molecule has 0 aromatic rings. The lowest BCUT2D eigenvalue weighted by Gasteiger charge is -2.22. The number of amides is 1. The molecule has 3 N–H and O–H groups in total. The van der Waals surface area contributed by atoms with E-state index in [-0.39, 0.29) is 18.5 Å². The molecule has 304 valence electrons. The van der Waals surface area contributed by atoms with E-state index in [1.165, 1.54) is 96.3 Å². The van der Waals surface area contributed by atoms with Gasteiger partial charge in [-0.1, -0.05) is 159 Å². The van der Waals surface area contributed by atoms with Crippen LogP contribution in [0.4, 0.5) is 0 Å². The first-order valence-corrected chi connectivity index (χ1v) is 22.2. The summed E-state index contributed by atoms with van der Waals surface area (Å²) in [5.41, 5.74) is 0. The number of allylic oxidation sites excluding steroid dienone is 6. The summed E-state index contributed by atoms with van der Waals surface area (Å²) in [5, 5.41) is 23.0. The molecule has 6 heteroatoms. The number of rotatable bonds is 40. The Hall–Kier alpha value is -1.92. The van der Waals surface area contributed by atoms with Crippen molar-refractivity contribution in [1.82, 2.24) is 5.32 Å². The first-order chi connectivity index (χ1) is 25.5. The largest absolute Gasteiger partial charge is 0.466 e. The van der Waals surface area contributed by atoms with E-state index in [1.807, 2.05) is 0 Å². The van der Waals surface area contributed by atoms with E-state index in [1.54, 1.807) is 0 Å². The first kappa shape index (κ1) is 50.1. The Morgan fingerprint density at radius 2 is 0.981 bits per heavy atom. The van der Waals surface area contributed by atoms with Gasteiger partial charge < -0.3 is 20.3 Å². The van der Waals surface area contributed by atoms with Crippen LogP contribution in [0, 0.1) is 0 Å². The quantitative estimate of drug-likeness (QED) is 0.0331. The Balaban J connectivity index is 3.52. The maximum Gasteiger partial charge on any atom is 0.305 e. The summed E-state index contributed by atoms with van der Waals surface area (Å²) >= 11 is 0. The molecule has 0 aliphatic heterocycles. The average Bonchev–Trinajstić information content (AvgIpc) is 3.14. The van der Waals surface area contributed by atoms with E-state index >= 15 is 0 Å². The smallest absolute Gasteiger partial charge is 0.305 e.